The van der Waals surface area contributed by atoms with Gasteiger partial charge >= 0.3 is 0 Å². The maximum absolute atomic E-state index is 11.0. The van der Waals surface area contributed by atoms with Gasteiger partial charge in [0.1, 0.15) is 5.78 Å². The van der Waals surface area contributed by atoms with E-state index >= 15 is 0 Å². The van der Waals surface area contributed by atoms with Crippen LogP contribution in [0.4, 0.5) is 0 Å². The van der Waals surface area contributed by atoms with E-state index in [-0.39, 0.29) is 5.78 Å². The molecule has 0 aliphatic heterocycles. The van der Waals surface area contributed by atoms with Crippen LogP contribution in [-0.2, 0) is 4.79 Å². The van der Waals surface area contributed by atoms with Gasteiger partial charge in [-0.05, 0) is 20.8 Å². The molecule has 0 fully saturated rings. The molecule has 0 heterocycles. The Labute approximate surface area is 62.8 Å². The minimum Gasteiger partial charge on any atom is -0.325 e. The van der Waals surface area contributed by atoms with Crippen LogP contribution >= 0.6 is 0 Å². The van der Waals surface area contributed by atoms with Gasteiger partial charge in [0.2, 0.25) is 0 Å². The van der Waals surface area contributed by atoms with E-state index in [4.69, 9.17) is 5.73 Å². The topological polar surface area (TPSA) is 43.1 Å². The zero-order valence-electron chi connectivity index (χ0n) is 7.49. The Kier molecular flexibility index (Phi) is 2.26. The molecule has 0 aromatic heterocycles. The highest BCUT2D eigenvalue weighted by Crippen LogP contribution is 2.28. The maximum atomic E-state index is 11.0. The fourth-order valence-corrected chi connectivity index (χ4v) is 0.454. The molecule has 2 N–H and O–H groups in total. The van der Waals surface area contributed by atoms with Gasteiger partial charge in [-0.3, -0.25) is 4.79 Å². The van der Waals surface area contributed by atoms with Crippen LogP contribution in [0.1, 0.15) is 34.6 Å². The second kappa shape index (κ2) is 2.35. The summed E-state index contributed by atoms with van der Waals surface area (Å²) in [5.74, 6) is 0.139. The molecular formula is C8H17NO. The number of carbonyl (C=O) groups is 1. The van der Waals surface area contributed by atoms with E-state index in [1.165, 1.54) is 0 Å². The first-order chi connectivity index (χ1) is 4.19. The van der Waals surface area contributed by atoms with Crippen LogP contribution in [0.25, 0.3) is 0 Å². The van der Waals surface area contributed by atoms with Crippen LogP contribution in [-0.4, -0.2) is 11.3 Å². The minimum absolute atomic E-state index is 0.139. The Bertz CT molecular complexity index is 142. The highest BCUT2D eigenvalue weighted by molar-refractivity contribution is 5.82. The van der Waals surface area contributed by atoms with Crippen molar-refractivity contribution in [2.45, 2.75) is 40.2 Å². The predicted octanol–water partition coefficient (Wildman–Crippen LogP) is 1.34. The summed E-state index contributed by atoms with van der Waals surface area (Å²) < 4.78 is 0. The van der Waals surface area contributed by atoms with E-state index in [1.54, 1.807) is 6.92 Å². The molecule has 0 aromatic rings. The van der Waals surface area contributed by atoms with E-state index in [2.05, 4.69) is 0 Å². The molecule has 2 nitrogen and oxygen atoms in total. The summed E-state index contributed by atoms with van der Waals surface area (Å²) in [5.41, 5.74) is 4.94. The van der Waals surface area contributed by atoms with Gasteiger partial charge in [0.15, 0.2) is 0 Å². The maximum Gasteiger partial charge on any atom is 0.137 e. The third kappa shape index (κ3) is 1.57. The lowest BCUT2D eigenvalue weighted by molar-refractivity contribution is -0.127. The normalized spacial score (nSPS) is 13.4. The van der Waals surface area contributed by atoms with Gasteiger partial charge in [0, 0.05) is 11.0 Å². The van der Waals surface area contributed by atoms with E-state index < -0.39 is 11.0 Å². The third-order valence-corrected chi connectivity index (χ3v) is 2.49. The summed E-state index contributed by atoms with van der Waals surface area (Å²) in [4.78, 5) is 11.0. The van der Waals surface area contributed by atoms with E-state index in [0.29, 0.717) is 0 Å². The summed E-state index contributed by atoms with van der Waals surface area (Å²) >= 11 is 0. The van der Waals surface area contributed by atoms with Crippen LogP contribution in [0.2, 0.25) is 0 Å². The van der Waals surface area contributed by atoms with Gasteiger partial charge in [0.05, 0.1) is 0 Å². The van der Waals surface area contributed by atoms with Crippen LogP contribution in [0.15, 0.2) is 0 Å². The number of hydrogen-bond acceptors (Lipinski definition) is 2. The van der Waals surface area contributed by atoms with Gasteiger partial charge in [0.25, 0.3) is 0 Å². The Hall–Kier alpha value is -0.370. The molecule has 0 bridgehead atoms. The lowest BCUT2D eigenvalue weighted by Crippen LogP contribution is -2.51. The second-order valence-corrected chi connectivity index (χ2v) is 3.90. The Morgan fingerprint density at radius 3 is 1.50 bits per heavy atom. The SMILES string of the molecule is CC(=O)C(C)(C)C(C)(C)N. The molecule has 0 radical (unpaired) electrons. The van der Waals surface area contributed by atoms with Crippen LogP contribution < -0.4 is 5.73 Å². The third-order valence-electron chi connectivity index (χ3n) is 2.49. The lowest BCUT2D eigenvalue weighted by Gasteiger charge is -2.35. The molecular weight excluding hydrogens is 126 g/mol. The summed E-state index contributed by atoms with van der Waals surface area (Å²) in [5, 5.41) is 0. The van der Waals surface area contributed by atoms with Gasteiger partial charge in [-0.1, -0.05) is 13.8 Å². The Morgan fingerprint density at radius 2 is 1.50 bits per heavy atom. The predicted molar refractivity (Wildman–Crippen MR) is 42.7 cm³/mol. The molecule has 0 atom stereocenters. The van der Waals surface area contributed by atoms with Crippen molar-refractivity contribution < 1.29 is 4.79 Å². The molecule has 0 aromatic carbocycles. The van der Waals surface area contributed by atoms with Crippen LogP contribution in [0.3, 0.4) is 0 Å². The fourth-order valence-electron chi connectivity index (χ4n) is 0.454. The van der Waals surface area contributed by atoms with Crippen molar-refractivity contribution in [3.63, 3.8) is 0 Å². The zero-order chi connectivity index (χ0) is 8.58. The highest BCUT2D eigenvalue weighted by Gasteiger charge is 2.37. The number of Topliss-reactive ketones (excluding diaryl/α,β-unsaturated/α-hetero) is 1. The van der Waals surface area contributed by atoms with E-state index in [9.17, 15) is 4.79 Å². The molecule has 0 amide bonds. The zero-order valence-corrected chi connectivity index (χ0v) is 7.49. The van der Waals surface area contributed by atoms with Crippen molar-refractivity contribution >= 4 is 5.78 Å². The van der Waals surface area contributed by atoms with Crippen molar-refractivity contribution in [2.75, 3.05) is 0 Å². The summed E-state index contributed by atoms with van der Waals surface area (Å²) in [6.45, 7) is 9.06. The fraction of sp³-hybridized carbons (Fsp3) is 0.875. The van der Waals surface area contributed by atoms with Gasteiger partial charge in [-0.15, -0.1) is 0 Å². The molecule has 0 aliphatic rings. The van der Waals surface area contributed by atoms with Crippen molar-refractivity contribution in [1.29, 1.82) is 0 Å². The van der Waals surface area contributed by atoms with Crippen molar-refractivity contribution in [2.24, 2.45) is 11.1 Å². The van der Waals surface area contributed by atoms with Gasteiger partial charge < -0.3 is 5.73 Å². The lowest BCUT2D eigenvalue weighted by atomic mass is 9.73. The van der Waals surface area contributed by atoms with E-state index in [1.807, 2.05) is 27.7 Å². The smallest absolute Gasteiger partial charge is 0.137 e. The monoisotopic (exact) mass is 143 g/mol. The van der Waals surface area contributed by atoms with E-state index in [0.717, 1.165) is 0 Å². The molecule has 0 saturated heterocycles. The average molecular weight is 143 g/mol. The first-order valence-electron chi connectivity index (χ1n) is 3.49. The van der Waals surface area contributed by atoms with Crippen LogP contribution in [0.5, 0.6) is 0 Å². The first-order valence-corrected chi connectivity index (χ1v) is 3.49. The molecule has 60 valence electrons. The summed E-state index contributed by atoms with van der Waals surface area (Å²) in [7, 11) is 0. The molecule has 10 heavy (non-hydrogen) atoms. The Morgan fingerprint density at radius 1 is 1.20 bits per heavy atom. The Balaban J connectivity index is 4.57. The molecule has 0 saturated carbocycles. The van der Waals surface area contributed by atoms with Gasteiger partial charge in [-0.25, -0.2) is 0 Å². The summed E-state index contributed by atoms with van der Waals surface area (Å²) in [6.07, 6.45) is 0. The van der Waals surface area contributed by atoms with Crippen molar-refractivity contribution in [1.82, 2.24) is 0 Å². The summed E-state index contributed by atoms with van der Waals surface area (Å²) in [6, 6.07) is 0. The standard InChI is InChI=1S/C8H17NO/c1-6(10)7(2,3)8(4,5)9/h9H2,1-5H3. The number of ketones is 1. The minimum atomic E-state index is -0.432. The molecule has 0 spiro atoms. The number of rotatable bonds is 2. The second-order valence-electron chi connectivity index (χ2n) is 3.90. The first kappa shape index (κ1) is 9.63. The highest BCUT2D eigenvalue weighted by atomic mass is 16.1. The largest absolute Gasteiger partial charge is 0.325 e. The number of carbonyl (C=O) groups excluding carboxylic acids is 1. The van der Waals surface area contributed by atoms with Gasteiger partial charge in [-0.2, -0.15) is 0 Å². The van der Waals surface area contributed by atoms with Crippen molar-refractivity contribution in [3.05, 3.63) is 0 Å². The molecule has 0 unspecified atom stereocenters. The molecule has 2 heteroatoms. The molecule has 0 rings (SSSR count). The number of hydrogen-bond donors (Lipinski definition) is 1. The quantitative estimate of drug-likeness (QED) is 0.634. The average Bonchev–Trinajstić information content (AvgIpc) is 1.62. The van der Waals surface area contributed by atoms with Crippen molar-refractivity contribution in [3.8, 4) is 0 Å². The van der Waals surface area contributed by atoms with Crippen LogP contribution in [0, 0.1) is 5.41 Å². The molecule has 0 aliphatic carbocycles. The number of nitrogens with two attached hydrogens (primary N) is 1.